The molecular weight excluding hydrogens is 558 g/mol. The van der Waals surface area contributed by atoms with Gasteiger partial charge in [0.05, 0.1) is 28.5 Å². The van der Waals surface area contributed by atoms with Gasteiger partial charge in [-0.25, -0.2) is 0 Å². The summed E-state index contributed by atoms with van der Waals surface area (Å²) in [6.45, 7) is 13.3. The SMILES string of the molecule is CCc1ccccc1-n1c(C)cc([C@H]2[C@H](c3ccccn3)NC(=S)N2c2ccc(N3C[C@H](C)C[C@H](C)C3)c(Cl)c2)c1C. The molecule has 2 aliphatic heterocycles. The van der Waals surface area contributed by atoms with Crippen molar-refractivity contribution in [2.45, 2.75) is 59.5 Å². The number of halogens is 1. The molecule has 218 valence electrons. The molecule has 4 atom stereocenters. The van der Waals surface area contributed by atoms with Crippen molar-refractivity contribution in [2.24, 2.45) is 11.8 Å². The molecule has 2 aromatic heterocycles. The van der Waals surface area contributed by atoms with E-state index in [1.165, 1.54) is 34.6 Å². The lowest BCUT2D eigenvalue weighted by molar-refractivity contribution is 0.357. The number of pyridine rings is 1. The number of anilines is 2. The lowest BCUT2D eigenvalue weighted by Crippen LogP contribution is -2.38. The Balaban J connectivity index is 1.45. The van der Waals surface area contributed by atoms with E-state index in [0.717, 1.165) is 41.6 Å². The normalized spacial score (nSPS) is 22.5. The Morgan fingerprint density at radius 3 is 2.38 bits per heavy atom. The van der Waals surface area contributed by atoms with Gasteiger partial charge in [0.15, 0.2) is 5.11 Å². The molecule has 2 aliphatic rings. The standard InChI is InChI=1S/C35H40ClN5S/c1-6-26-11-7-8-13-31(26)40-24(4)18-28(25(40)5)34-33(30-12-9-10-16-37-30)38-35(42)41(34)27-14-15-32(29(36)19-27)39-20-22(2)17-23(3)21-39/h7-16,18-19,22-23,33-34H,6,17,20-21H2,1-5H3,(H,38,42)/t22-,23+,33-,34-/m0/s1. The van der Waals surface area contributed by atoms with E-state index in [1.54, 1.807) is 0 Å². The summed E-state index contributed by atoms with van der Waals surface area (Å²) < 4.78 is 2.39. The summed E-state index contributed by atoms with van der Waals surface area (Å²) in [7, 11) is 0. The molecule has 1 N–H and O–H groups in total. The predicted octanol–water partition coefficient (Wildman–Crippen LogP) is 8.36. The fourth-order valence-corrected chi connectivity index (χ4v) is 7.84. The highest BCUT2D eigenvalue weighted by Gasteiger charge is 2.42. The van der Waals surface area contributed by atoms with Gasteiger partial charge in [-0.2, -0.15) is 0 Å². The molecule has 6 rings (SSSR count). The molecule has 0 amide bonds. The molecule has 2 saturated heterocycles. The minimum absolute atomic E-state index is 0.0990. The summed E-state index contributed by atoms with van der Waals surface area (Å²) in [4.78, 5) is 9.44. The van der Waals surface area contributed by atoms with E-state index in [1.807, 2.05) is 18.3 Å². The summed E-state index contributed by atoms with van der Waals surface area (Å²) in [5.41, 5.74) is 9.23. The van der Waals surface area contributed by atoms with E-state index in [0.29, 0.717) is 16.9 Å². The maximum absolute atomic E-state index is 7.06. The first-order valence-corrected chi connectivity index (χ1v) is 15.9. The second kappa shape index (κ2) is 11.7. The number of benzene rings is 2. The first kappa shape index (κ1) is 28.8. The Hall–Kier alpha value is -3.35. The first-order chi connectivity index (χ1) is 20.3. The van der Waals surface area contributed by atoms with Gasteiger partial charge in [-0.05, 0) is 104 Å². The van der Waals surface area contributed by atoms with Crippen LogP contribution < -0.4 is 15.1 Å². The molecule has 42 heavy (non-hydrogen) atoms. The summed E-state index contributed by atoms with van der Waals surface area (Å²) in [5, 5.41) is 5.07. The summed E-state index contributed by atoms with van der Waals surface area (Å²) in [5.74, 6) is 1.30. The van der Waals surface area contributed by atoms with Gasteiger partial charge in [0.2, 0.25) is 0 Å². The Morgan fingerprint density at radius 1 is 0.952 bits per heavy atom. The van der Waals surface area contributed by atoms with Crippen LogP contribution in [0.1, 0.15) is 67.5 Å². The minimum atomic E-state index is -0.115. The van der Waals surface area contributed by atoms with Crippen LogP contribution in [-0.4, -0.2) is 27.8 Å². The molecule has 7 heteroatoms. The molecule has 5 nitrogen and oxygen atoms in total. The number of aryl methyl sites for hydroxylation is 2. The van der Waals surface area contributed by atoms with Gasteiger partial charge < -0.3 is 19.7 Å². The van der Waals surface area contributed by atoms with Crippen molar-refractivity contribution in [2.75, 3.05) is 22.9 Å². The number of rotatable bonds is 6. The third-order valence-electron chi connectivity index (χ3n) is 8.92. The topological polar surface area (TPSA) is 36.3 Å². The number of piperidine rings is 1. The van der Waals surface area contributed by atoms with Crippen LogP contribution in [0.5, 0.6) is 0 Å². The van der Waals surface area contributed by atoms with Gasteiger partial charge in [-0.3, -0.25) is 4.98 Å². The lowest BCUT2D eigenvalue weighted by Gasteiger charge is -2.37. The van der Waals surface area contributed by atoms with Crippen molar-refractivity contribution in [3.63, 3.8) is 0 Å². The zero-order valence-electron chi connectivity index (χ0n) is 25.1. The van der Waals surface area contributed by atoms with Crippen LogP contribution in [0.2, 0.25) is 5.02 Å². The molecule has 0 radical (unpaired) electrons. The zero-order valence-corrected chi connectivity index (χ0v) is 26.7. The Bertz CT molecular complexity index is 1590. The second-order valence-corrected chi connectivity index (χ2v) is 12.9. The molecule has 2 aromatic carbocycles. The summed E-state index contributed by atoms with van der Waals surface area (Å²) in [6, 6.07) is 23.3. The van der Waals surface area contributed by atoms with E-state index in [2.05, 4.69) is 109 Å². The van der Waals surface area contributed by atoms with E-state index in [4.69, 9.17) is 28.8 Å². The average Bonchev–Trinajstić information content (AvgIpc) is 3.47. The van der Waals surface area contributed by atoms with Crippen LogP contribution in [0.3, 0.4) is 0 Å². The van der Waals surface area contributed by atoms with Gasteiger partial charge in [0, 0.05) is 42.0 Å². The number of hydrogen-bond acceptors (Lipinski definition) is 3. The Labute approximate surface area is 260 Å². The third kappa shape index (κ3) is 5.20. The Kier molecular flexibility index (Phi) is 8.03. The number of hydrogen-bond donors (Lipinski definition) is 1. The van der Waals surface area contributed by atoms with Crippen LogP contribution >= 0.6 is 23.8 Å². The molecule has 4 aromatic rings. The number of para-hydroxylation sites is 1. The molecule has 0 unspecified atom stereocenters. The zero-order chi connectivity index (χ0) is 29.5. The van der Waals surface area contributed by atoms with Gasteiger partial charge in [-0.1, -0.05) is 56.6 Å². The lowest BCUT2D eigenvalue weighted by atomic mass is 9.91. The highest BCUT2D eigenvalue weighted by Crippen LogP contribution is 2.45. The Morgan fingerprint density at radius 2 is 1.69 bits per heavy atom. The van der Waals surface area contributed by atoms with Crippen molar-refractivity contribution >= 4 is 40.3 Å². The van der Waals surface area contributed by atoms with Crippen LogP contribution in [-0.2, 0) is 6.42 Å². The number of thiocarbonyl (C=S) groups is 1. The number of aromatic nitrogens is 2. The predicted molar refractivity (Wildman–Crippen MR) is 179 cm³/mol. The summed E-state index contributed by atoms with van der Waals surface area (Å²) in [6.07, 6.45) is 4.09. The molecule has 0 aliphatic carbocycles. The van der Waals surface area contributed by atoms with Crippen molar-refractivity contribution < 1.29 is 0 Å². The van der Waals surface area contributed by atoms with E-state index >= 15 is 0 Å². The largest absolute Gasteiger partial charge is 0.370 e. The van der Waals surface area contributed by atoms with E-state index in [-0.39, 0.29) is 12.1 Å². The van der Waals surface area contributed by atoms with E-state index in [9.17, 15) is 0 Å². The average molecular weight is 598 g/mol. The second-order valence-electron chi connectivity index (χ2n) is 12.1. The molecule has 2 fully saturated rings. The van der Waals surface area contributed by atoms with Crippen molar-refractivity contribution in [1.82, 2.24) is 14.9 Å². The van der Waals surface area contributed by atoms with E-state index < -0.39 is 0 Å². The quantitative estimate of drug-likeness (QED) is 0.226. The van der Waals surface area contributed by atoms with Crippen LogP contribution in [0.4, 0.5) is 11.4 Å². The maximum atomic E-state index is 7.06. The molecule has 4 heterocycles. The molecular formula is C35H40ClN5S. The van der Waals surface area contributed by atoms with Crippen LogP contribution in [0, 0.1) is 25.7 Å². The van der Waals surface area contributed by atoms with Gasteiger partial charge >= 0.3 is 0 Å². The van der Waals surface area contributed by atoms with Crippen molar-refractivity contribution in [1.29, 1.82) is 0 Å². The van der Waals surface area contributed by atoms with Crippen molar-refractivity contribution in [3.05, 3.63) is 106 Å². The molecule has 0 spiro atoms. The number of nitrogens with zero attached hydrogens (tertiary/aromatic N) is 4. The van der Waals surface area contributed by atoms with Crippen LogP contribution in [0.15, 0.2) is 72.9 Å². The molecule has 0 saturated carbocycles. The highest BCUT2D eigenvalue weighted by atomic mass is 35.5. The van der Waals surface area contributed by atoms with Crippen molar-refractivity contribution in [3.8, 4) is 5.69 Å². The van der Waals surface area contributed by atoms with Gasteiger partial charge in [-0.15, -0.1) is 0 Å². The smallest absolute Gasteiger partial charge is 0.174 e. The van der Waals surface area contributed by atoms with Crippen LogP contribution in [0.25, 0.3) is 5.69 Å². The van der Waals surface area contributed by atoms with Gasteiger partial charge in [0.25, 0.3) is 0 Å². The minimum Gasteiger partial charge on any atom is -0.370 e. The fourth-order valence-electron chi connectivity index (χ4n) is 7.20. The summed E-state index contributed by atoms with van der Waals surface area (Å²) >= 11 is 13.1. The first-order valence-electron chi connectivity index (χ1n) is 15.1. The highest BCUT2D eigenvalue weighted by molar-refractivity contribution is 7.80. The maximum Gasteiger partial charge on any atom is 0.174 e. The van der Waals surface area contributed by atoms with Gasteiger partial charge in [0.1, 0.15) is 0 Å². The number of nitrogens with one attached hydrogen (secondary N) is 1. The molecule has 0 bridgehead atoms. The monoisotopic (exact) mass is 597 g/mol. The third-order valence-corrected chi connectivity index (χ3v) is 9.54. The fraction of sp³-hybridized carbons (Fsp3) is 0.371.